The van der Waals surface area contributed by atoms with Crippen molar-refractivity contribution >= 4 is 11.9 Å². The second-order valence-electron chi connectivity index (χ2n) is 5.00. The van der Waals surface area contributed by atoms with Gasteiger partial charge in [-0.2, -0.15) is 0 Å². The van der Waals surface area contributed by atoms with Crippen molar-refractivity contribution in [3.05, 3.63) is 70.8 Å². The van der Waals surface area contributed by atoms with Gasteiger partial charge < -0.3 is 15.3 Å². The summed E-state index contributed by atoms with van der Waals surface area (Å²) >= 11 is 0. The van der Waals surface area contributed by atoms with Crippen LogP contribution >= 0.6 is 0 Å². The fraction of sp³-hybridized carbons (Fsp3) is 0.222. The van der Waals surface area contributed by atoms with Gasteiger partial charge in [0.1, 0.15) is 0 Å². The summed E-state index contributed by atoms with van der Waals surface area (Å²) in [6.07, 6.45) is 0. The number of carboxylic acid groups (broad SMARTS) is 1. The first kappa shape index (κ1) is 20.3. The molecule has 0 radical (unpaired) electrons. The predicted molar refractivity (Wildman–Crippen MR) is 90.8 cm³/mol. The van der Waals surface area contributed by atoms with E-state index < -0.39 is 5.97 Å². The Morgan fingerprint density at radius 1 is 0.880 bits per heavy atom. The molecule has 0 fully saturated rings. The van der Waals surface area contributed by atoms with Crippen molar-refractivity contribution in [1.29, 1.82) is 0 Å². The summed E-state index contributed by atoms with van der Waals surface area (Å²) in [6, 6.07) is 12.8. The van der Waals surface area contributed by atoms with Gasteiger partial charge in [0.25, 0.3) is 5.91 Å². The Morgan fingerprint density at radius 2 is 1.28 bits per heavy atom. The second kappa shape index (κ2) is 10.2. The molecular weight excluding hydrogens is 326 g/mol. The molecule has 134 valence electrons. The zero-order chi connectivity index (χ0) is 18.8. The zero-order valence-corrected chi connectivity index (χ0v) is 14.0. The number of hydrogen-bond acceptors (Lipinski definition) is 5. The third-order valence-corrected chi connectivity index (χ3v) is 3.33. The Balaban J connectivity index is 0.000000257. The summed E-state index contributed by atoms with van der Waals surface area (Å²) in [4.78, 5) is 26.6. The van der Waals surface area contributed by atoms with Gasteiger partial charge in [-0.15, -0.1) is 0 Å². The number of carboxylic acids is 1. The first-order valence-electron chi connectivity index (χ1n) is 7.38. The number of carbonyl (C=O) groups is 2. The average molecular weight is 347 g/mol. The van der Waals surface area contributed by atoms with Crippen molar-refractivity contribution in [1.82, 2.24) is 5.06 Å². The monoisotopic (exact) mass is 347 g/mol. The van der Waals surface area contributed by atoms with Crippen LogP contribution in [0.3, 0.4) is 0 Å². The summed E-state index contributed by atoms with van der Waals surface area (Å²) in [7, 11) is 2.97. The van der Waals surface area contributed by atoms with Crippen molar-refractivity contribution in [2.24, 2.45) is 0 Å². The van der Waals surface area contributed by atoms with Crippen LogP contribution in [0, 0.1) is 0 Å². The number of carbonyl (C=O) groups excluding carboxylic acids is 1. The van der Waals surface area contributed by atoms with Crippen LogP contribution in [0.15, 0.2) is 48.5 Å². The Hall–Kier alpha value is -2.74. The van der Waals surface area contributed by atoms with Gasteiger partial charge in [0.05, 0.1) is 25.9 Å². The molecule has 7 nitrogen and oxygen atoms in total. The highest BCUT2D eigenvalue weighted by Gasteiger charge is 2.10. The normalized spacial score (nSPS) is 9.76. The summed E-state index contributed by atoms with van der Waals surface area (Å²) in [6.45, 7) is -0.0749. The topological polar surface area (TPSA) is 107 Å². The zero-order valence-electron chi connectivity index (χ0n) is 14.0. The maximum absolute atomic E-state index is 11.5. The van der Waals surface area contributed by atoms with E-state index in [1.54, 1.807) is 43.4 Å². The molecule has 7 heteroatoms. The molecule has 0 aromatic heterocycles. The van der Waals surface area contributed by atoms with E-state index in [4.69, 9.17) is 20.2 Å². The van der Waals surface area contributed by atoms with E-state index >= 15 is 0 Å². The van der Waals surface area contributed by atoms with Crippen LogP contribution in [-0.2, 0) is 18.1 Å². The molecule has 2 aromatic carbocycles. The standard InChI is InChI=1S/C10H13NO3.C8H8O3/c1-11(14-2)10(13)9-5-3-8(7-12)4-6-9;9-5-6-1-3-7(4-2-6)8(10)11/h3-6,12H,7H2,1-2H3;1-4,9H,5H2,(H,10,11). The lowest BCUT2D eigenvalue weighted by atomic mass is 10.1. The molecule has 0 aliphatic carbocycles. The first-order chi connectivity index (χ1) is 11.9. The molecule has 0 saturated carbocycles. The van der Waals surface area contributed by atoms with Crippen LogP contribution in [0.5, 0.6) is 0 Å². The number of rotatable bonds is 5. The van der Waals surface area contributed by atoms with Gasteiger partial charge >= 0.3 is 5.97 Å². The minimum atomic E-state index is -0.950. The predicted octanol–water partition coefficient (Wildman–Crippen LogP) is 1.69. The number of hydrogen-bond donors (Lipinski definition) is 3. The molecular formula is C18H21NO6. The van der Waals surface area contributed by atoms with E-state index in [0.29, 0.717) is 5.56 Å². The van der Waals surface area contributed by atoms with Crippen molar-refractivity contribution in [2.45, 2.75) is 13.2 Å². The average Bonchev–Trinajstić information content (AvgIpc) is 2.67. The summed E-state index contributed by atoms with van der Waals surface area (Å²) in [5.41, 5.74) is 2.27. The van der Waals surface area contributed by atoms with Gasteiger partial charge in [-0.25, -0.2) is 9.86 Å². The number of hydroxylamine groups is 2. The molecule has 0 bridgehead atoms. The quantitative estimate of drug-likeness (QED) is 0.711. The lowest BCUT2D eigenvalue weighted by Gasteiger charge is -2.13. The van der Waals surface area contributed by atoms with Crippen LogP contribution in [-0.4, -0.2) is 46.4 Å². The van der Waals surface area contributed by atoms with Crippen molar-refractivity contribution < 1.29 is 29.7 Å². The largest absolute Gasteiger partial charge is 0.478 e. The molecule has 1 amide bonds. The van der Waals surface area contributed by atoms with Crippen LogP contribution in [0.25, 0.3) is 0 Å². The number of aliphatic hydroxyl groups is 2. The van der Waals surface area contributed by atoms with Gasteiger partial charge in [0, 0.05) is 12.6 Å². The van der Waals surface area contributed by atoms with E-state index in [0.717, 1.165) is 16.2 Å². The molecule has 0 spiro atoms. The summed E-state index contributed by atoms with van der Waals surface area (Å²) < 4.78 is 0. The Bertz CT molecular complexity index is 682. The highest BCUT2D eigenvalue weighted by molar-refractivity contribution is 5.93. The van der Waals surface area contributed by atoms with Gasteiger partial charge in [0.2, 0.25) is 0 Å². The SMILES string of the molecule is CON(C)C(=O)c1ccc(CO)cc1.O=C(O)c1ccc(CO)cc1. The molecule has 0 aliphatic heterocycles. The fourth-order valence-corrected chi connectivity index (χ4v) is 1.77. The molecule has 2 rings (SSSR count). The molecule has 3 N–H and O–H groups in total. The highest BCUT2D eigenvalue weighted by atomic mass is 16.7. The second-order valence-corrected chi connectivity index (χ2v) is 5.00. The fourth-order valence-electron chi connectivity index (χ4n) is 1.77. The number of benzene rings is 2. The minimum absolute atomic E-state index is 0.0193. The van der Waals surface area contributed by atoms with Crippen molar-refractivity contribution in [3.63, 3.8) is 0 Å². The third-order valence-electron chi connectivity index (χ3n) is 3.33. The lowest BCUT2D eigenvalue weighted by Crippen LogP contribution is -2.25. The van der Waals surface area contributed by atoms with Gasteiger partial charge in [-0.05, 0) is 35.4 Å². The maximum Gasteiger partial charge on any atom is 0.335 e. The summed E-state index contributed by atoms with van der Waals surface area (Å²) in [5, 5.41) is 27.1. The maximum atomic E-state index is 11.5. The molecule has 25 heavy (non-hydrogen) atoms. The molecule has 2 aromatic rings. The van der Waals surface area contributed by atoms with Gasteiger partial charge in [0.15, 0.2) is 0 Å². The smallest absolute Gasteiger partial charge is 0.335 e. The molecule has 0 unspecified atom stereocenters. The molecule has 0 atom stereocenters. The Kier molecular flexibility index (Phi) is 8.28. The van der Waals surface area contributed by atoms with E-state index in [2.05, 4.69) is 0 Å². The minimum Gasteiger partial charge on any atom is -0.478 e. The number of aromatic carboxylic acids is 1. The van der Waals surface area contributed by atoms with Crippen molar-refractivity contribution in [3.8, 4) is 0 Å². The van der Waals surface area contributed by atoms with Crippen LogP contribution in [0.4, 0.5) is 0 Å². The Morgan fingerprint density at radius 3 is 1.60 bits per heavy atom. The highest BCUT2D eigenvalue weighted by Crippen LogP contribution is 2.07. The van der Waals surface area contributed by atoms with E-state index in [-0.39, 0.29) is 24.7 Å². The number of amides is 1. The number of aliphatic hydroxyl groups excluding tert-OH is 2. The van der Waals surface area contributed by atoms with E-state index in [1.165, 1.54) is 19.2 Å². The Labute approximate surface area is 145 Å². The van der Waals surface area contributed by atoms with Crippen molar-refractivity contribution in [2.75, 3.05) is 14.2 Å². The number of nitrogens with zero attached hydrogens (tertiary/aromatic N) is 1. The van der Waals surface area contributed by atoms with E-state index in [9.17, 15) is 9.59 Å². The van der Waals surface area contributed by atoms with Gasteiger partial charge in [-0.1, -0.05) is 24.3 Å². The van der Waals surface area contributed by atoms with Crippen LogP contribution in [0.2, 0.25) is 0 Å². The molecule has 0 heterocycles. The van der Waals surface area contributed by atoms with E-state index in [1.807, 2.05) is 0 Å². The van der Waals surface area contributed by atoms with Gasteiger partial charge in [-0.3, -0.25) is 9.63 Å². The van der Waals surface area contributed by atoms with Crippen LogP contribution < -0.4 is 0 Å². The van der Waals surface area contributed by atoms with Crippen LogP contribution in [0.1, 0.15) is 31.8 Å². The lowest BCUT2D eigenvalue weighted by molar-refractivity contribution is -0.0757. The summed E-state index contributed by atoms with van der Waals surface area (Å²) in [5.74, 6) is -1.16. The first-order valence-corrected chi connectivity index (χ1v) is 7.38. The third kappa shape index (κ3) is 6.34. The molecule has 0 saturated heterocycles. The molecule has 0 aliphatic rings.